The fraction of sp³-hybridized carbons (Fsp3) is 0.261. The van der Waals surface area contributed by atoms with E-state index in [0.717, 1.165) is 18.9 Å². The highest BCUT2D eigenvalue weighted by Crippen LogP contribution is 2.31. The number of halogens is 4. The Bertz CT molecular complexity index is 1200. The first-order chi connectivity index (χ1) is 16.2. The van der Waals surface area contributed by atoms with Crippen molar-refractivity contribution in [2.75, 3.05) is 11.9 Å². The van der Waals surface area contributed by atoms with Crippen molar-refractivity contribution in [3.05, 3.63) is 77.9 Å². The molecule has 0 aliphatic carbocycles. The van der Waals surface area contributed by atoms with E-state index >= 15 is 0 Å². The molecule has 176 valence electrons. The molecule has 1 atom stereocenters. The minimum absolute atomic E-state index is 0.0465. The number of rotatable bonds is 4. The van der Waals surface area contributed by atoms with Crippen LogP contribution in [-0.2, 0) is 6.18 Å². The molecule has 0 saturated carbocycles. The zero-order chi connectivity index (χ0) is 24.3. The molecule has 3 heterocycles. The summed E-state index contributed by atoms with van der Waals surface area (Å²) in [6.45, 7) is 2.31. The summed E-state index contributed by atoms with van der Waals surface area (Å²) in [5, 5.41) is 2.77. The molecule has 0 spiro atoms. The molecule has 7 nitrogen and oxygen atoms in total. The van der Waals surface area contributed by atoms with Crippen molar-refractivity contribution in [2.45, 2.75) is 25.9 Å². The van der Waals surface area contributed by atoms with Crippen molar-refractivity contribution in [2.24, 2.45) is 5.92 Å². The van der Waals surface area contributed by atoms with Gasteiger partial charge in [0.2, 0.25) is 5.95 Å². The monoisotopic (exact) mass is 472 g/mol. The lowest BCUT2D eigenvalue weighted by Crippen LogP contribution is -2.38. The van der Waals surface area contributed by atoms with E-state index in [2.05, 4.69) is 25.3 Å². The molecule has 1 aromatic carbocycles. The Hall–Kier alpha value is -3.89. The third-order valence-electron chi connectivity index (χ3n) is 5.43. The van der Waals surface area contributed by atoms with Crippen LogP contribution < -0.4 is 5.32 Å². The highest BCUT2D eigenvalue weighted by molar-refractivity contribution is 6.01. The number of nitrogens with one attached hydrogen (secondary N) is 1. The second-order valence-electron chi connectivity index (χ2n) is 7.77. The number of carbonyl (C=O) groups is 1. The molecular weight excluding hydrogens is 452 g/mol. The van der Waals surface area contributed by atoms with E-state index in [9.17, 15) is 22.4 Å². The summed E-state index contributed by atoms with van der Waals surface area (Å²) >= 11 is 0. The van der Waals surface area contributed by atoms with Crippen molar-refractivity contribution >= 4 is 11.9 Å². The topological polar surface area (TPSA) is 83.9 Å². The molecule has 34 heavy (non-hydrogen) atoms. The van der Waals surface area contributed by atoms with Gasteiger partial charge in [-0.25, -0.2) is 24.3 Å². The van der Waals surface area contributed by atoms with Crippen LogP contribution in [-0.4, -0.2) is 37.3 Å². The van der Waals surface area contributed by atoms with Crippen LogP contribution in [0.25, 0.3) is 11.4 Å². The van der Waals surface area contributed by atoms with Gasteiger partial charge in [0.05, 0.1) is 11.1 Å². The van der Waals surface area contributed by atoms with Gasteiger partial charge in [0, 0.05) is 48.8 Å². The van der Waals surface area contributed by atoms with Gasteiger partial charge >= 0.3 is 6.18 Å². The second-order valence-corrected chi connectivity index (χ2v) is 7.77. The number of hydrogen-bond donors (Lipinski definition) is 1. The molecule has 4 rings (SSSR count). The smallest absolute Gasteiger partial charge is 0.329 e. The Morgan fingerprint density at radius 3 is 2.53 bits per heavy atom. The number of carbonyl (C=O) groups excluding carboxylic acids is 1. The van der Waals surface area contributed by atoms with Gasteiger partial charge in [-0.1, -0.05) is 6.92 Å². The number of benzene rings is 1. The molecule has 2 aromatic heterocycles. The first-order valence-electron chi connectivity index (χ1n) is 10.5. The predicted molar refractivity (Wildman–Crippen MR) is 116 cm³/mol. The van der Waals surface area contributed by atoms with Crippen LogP contribution in [0.5, 0.6) is 0 Å². The summed E-state index contributed by atoms with van der Waals surface area (Å²) in [6.07, 6.45) is 2.91. The minimum Gasteiger partial charge on any atom is -0.329 e. The van der Waals surface area contributed by atoms with Crippen molar-refractivity contribution < 1.29 is 22.4 Å². The van der Waals surface area contributed by atoms with Crippen molar-refractivity contribution in [1.82, 2.24) is 24.8 Å². The zero-order valence-electron chi connectivity index (χ0n) is 18.1. The fourth-order valence-electron chi connectivity index (χ4n) is 3.70. The van der Waals surface area contributed by atoms with E-state index in [-0.39, 0.29) is 23.3 Å². The second kappa shape index (κ2) is 9.54. The maximum Gasteiger partial charge on any atom is 0.419 e. The Balaban J connectivity index is 1.64. The van der Waals surface area contributed by atoms with Crippen LogP contribution in [0.1, 0.15) is 35.7 Å². The number of hydrogen-bond acceptors (Lipinski definition) is 6. The molecule has 1 saturated heterocycles. The first kappa shape index (κ1) is 23.3. The predicted octanol–water partition coefficient (Wildman–Crippen LogP) is 4.92. The highest BCUT2D eigenvalue weighted by atomic mass is 19.4. The largest absolute Gasteiger partial charge is 0.419 e. The molecule has 0 radical (unpaired) electrons. The molecule has 1 N–H and O–H groups in total. The molecule has 11 heteroatoms. The lowest BCUT2D eigenvalue weighted by molar-refractivity contribution is -0.138. The molecule has 1 aliphatic heterocycles. The number of anilines is 1. The average molecular weight is 472 g/mol. The highest BCUT2D eigenvalue weighted by Gasteiger charge is 2.32. The summed E-state index contributed by atoms with van der Waals surface area (Å²) in [6, 6.07) is 5.48. The lowest BCUT2D eigenvalue weighted by Gasteiger charge is -2.34. The molecular formula is C23H20F4N6O. The van der Waals surface area contributed by atoms with Crippen LogP contribution in [0, 0.1) is 11.7 Å². The van der Waals surface area contributed by atoms with Gasteiger partial charge in [0.15, 0.2) is 5.82 Å². The van der Waals surface area contributed by atoms with Crippen molar-refractivity contribution in [3.8, 4) is 11.4 Å². The van der Waals surface area contributed by atoms with Gasteiger partial charge in [-0.3, -0.25) is 4.79 Å². The fourth-order valence-corrected chi connectivity index (χ4v) is 3.70. The Kier molecular flexibility index (Phi) is 6.53. The quantitative estimate of drug-likeness (QED) is 0.543. The summed E-state index contributed by atoms with van der Waals surface area (Å²) < 4.78 is 52.3. The van der Waals surface area contributed by atoms with Gasteiger partial charge in [0.25, 0.3) is 5.91 Å². The van der Waals surface area contributed by atoms with Gasteiger partial charge in [0.1, 0.15) is 5.82 Å². The number of nitrogens with zero attached hydrogens (tertiary/aromatic N) is 5. The standard InChI is InChI=1S/C23H20F4N6O/c1-14-4-2-9-33(19(14)13-32-22-30-11-15(12-31-22)23(25,26)27)21(34)18-10-16(24)5-6-17(18)20-28-7-3-8-29-20/h3,5-8,10-14H,2,4,9H2,1H3,(H,30,31,32)/b19-13+. The number of likely N-dealkylation sites (tertiary alicyclic amines) is 1. The number of allylic oxidation sites excluding steroid dienone is 1. The van der Waals surface area contributed by atoms with Crippen LogP contribution in [0.15, 0.2) is 60.9 Å². The van der Waals surface area contributed by atoms with Crippen molar-refractivity contribution in [1.29, 1.82) is 0 Å². The van der Waals surface area contributed by atoms with Gasteiger partial charge in [-0.05, 0) is 43.0 Å². The Labute approximate surface area is 192 Å². The van der Waals surface area contributed by atoms with E-state index in [4.69, 9.17) is 0 Å². The van der Waals surface area contributed by atoms with Crippen LogP contribution in [0.2, 0.25) is 0 Å². The normalized spacial score (nSPS) is 17.6. The van der Waals surface area contributed by atoms with Gasteiger partial charge in [-0.15, -0.1) is 0 Å². The molecule has 1 fully saturated rings. The summed E-state index contributed by atoms with van der Waals surface area (Å²) in [4.78, 5) is 30.8. The van der Waals surface area contributed by atoms with Crippen LogP contribution in [0.4, 0.5) is 23.5 Å². The molecule has 3 aromatic rings. The number of alkyl halides is 3. The van der Waals surface area contributed by atoms with E-state index in [1.165, 1.54) is 35.6 Å². The zero-order valence-corrected chi connectivity index (χ0v) is 18.1. The number of aromatic nitrogens is 4. The van der Waals surface area contributed by atoms with Gasteiger partial charge < -0.3 is 10.2 Å². The summed E-state index contributed by atoms with van der Waals surface area (Å²) in [7, 11) is 0. The molecule has 1 unspecified atom stereocenters. The molecule has 1 amide bonds. The average Bonchev–Trinajstić information content (AvgIpc) is 2.83. The first-order valence-corrected chi connectivity index (χ1v) is 10.5. The van der Waals surface area contributed by atoms with E-state index in [0.29, 0.717) is 30.2 Å². The molecule has 0 bridgehead atoms. The van der Waals surface area contributed by atoms with E-state index < -0.39 is 23.5 Å². The third kappa shape index (κ3) is 5.03. The van der Waals surface area contributed by atoms with Crippen LogP contribution >= 0.6 is 0 Å². The van der Waals surface area contributed by atoms with E-state index in [1.54, 1.807) is 6.07 Å². The van der Waals surface area contributed by atoms with Crippen molar-refractivity contribution in [3.63, 3.8) is 0 Å². The molecule has 1 aliphatic rings. The number of piperidine rings is 1. The lowest BCUT2D eigenvalue weighted by atomic mass is 9.94. The number of amides is 1. The van der Waals surface area contributed by atoms with E-state index in [1.807, 2.05) is 6.92 Å². The minimum atomic E-state index is -4.54. The maximum absolute atomic E-state index is 14.1. The summed E-state index contributed by atoms with van der Waals surface area (Å²) in [5.41, 5.74) is 0.125. The Morgan fingerprint density at radius 2 is 1.85 bits per heavy atom. The maximum atomic E-state index is 14.1. The van der Waals surface area contributed by atoms with Crippen LogP contribution in [0.3, 0.4) is 0 Å². The van der Waals surface area contributed by atoms with Gasteiger partial charge in [-0.2, -0.15) is 13.2 Å². The Morgan fingerprint density at radius 1 is 1.15 bits per heavy atom. The SMILES string of the molecule is CC1CCCN(C(=O)c2cc(F)ccc2-c2ncccn2)/C1=C/Nc1ncc(C(F)(F)F)cn1. The summed E-state index contributed by atoms with van der Waals surface area (Å²) in [5.74, 6) is -0.818. The third-order valence-corrected chi connectivity index (χ3v) is 5.43.